The first-order valence-electron chi connectivity index (χ1n) is 8.43. The van der Waals surface area contributed by atoms with Crippen molar-refractivity contribution in [2.24, 2.45) is 16.6 Å². The molecule has 2 fully saturated rings. The normalized spacial score (nSPS) is 27.5. The Kier molecular flexibility index (Phi) is 4.99. The van der Waals surface area contributed by atoms with E-state index < -0.39 is 0 Å². The number of nitrogens with two attached hydrogens (primary N) is 1. The van der Waals surface area contributed by atoms with Gasteiger partial charge in [0, 0.05) is 25.2 Å². The molecular formula is C17H33N3O. The van der Waals surface area contributed by atoms with Crippen molar-refractivity contribution in [3.05, 3.63) is 0 Å². The van der Waals surface area contributed by atoms with E-state index in [0.717, 1.165) is 38.8 Å². The summed E-state index contributed by atoms with van der Waals surface area (Å²) in [7, 11) is 0. The molecule has 1 amide bonds. The minimum absolute atomic E-state index is 0.184. The Hall–Kier alpha value is -0.610. The summed E-state index contributed by atoms with van der Waals surface area (Å²) < 4.78 is 0. The molecule has 0 aromatic heterocycles. The van der Waals surface area contributed by atoms with E-state index in [9.17, 15) is 4.79 Å². The van der Waals surface area contributed by atoms with E-state index in [-0.39, 0.29) is 5.91 Å². The maximum Gasteiger partial charge on any atom is 0.234 e. The molecule has 4 heteroatoms. The average Bonchev–Trinajstić information content (AvgIpc) is 2.27. The smallest absolute Gasteiger partial charge is 0.234 e. The van der Waals surface area contributed by atoms with Crippen LogP contribution in [0, 0.1) is 10.8 Å². The largest absolute Gasteiger partial charge is 0.352 e. The van der Waals surface area contributed by atoms with Crippen molar-refractivity contribution in [1.82, 2.24) is 10.2 Å². The predicted octanol–water partition coefficient (Wildman–Crippen LogP) is 2.13. The molecule has 1 saturated heterocycles. The summed E-state index contributed by atoms with van der Waals surface area (Å²) in [5.41, 5.74) is 6.54. The number of amides is 1. The second kappa shape index (κ2) is 6.25. The van der Waals surface area contributed by atoms with Crippen LogP contribution >= 0.6 is 0 Å². The van der Waals surface area contributed by atoms with Crippen LogP contribution in [0.2, 0.25) is 0 Å². The number of nitrogens with one attached hydrogen (secondary N) is 1. The maximum absolute atomic E-state index is 12.3. The molecule has 0 radical (unpaired) electrons. The molecule has 0 atom stereocenters. The molecule has 1 aliphatic carbocycles. The van der Waals surface area contributed by atoms with Crippen LogP contribution in [-0.4, -0.2) is 42.5 Å². The zero-order valence-corrected chi connectivity index (χ0v) is 14.2. The van der Waals surface area contributed by atoms with Crippen molar-refractivity contribution < 1.29 is 4.79 Å². The number of hydrogen-bond acceptors (Lipinski definition) is 3. The maximum atomic E-state index is 12.3. The highest BCUT2D eigenvalue weighted by atomic mass is 16.2. The van der Waals surface area contributed by atoms with Gasteiger partial charge in [0.15, 0.2) is 0 Å². The van der Waals surface area contributed by atoms with Crippen molar-refractivity contribution in [3.8, 4) is 0 Å². The van der Waals surface area contributed by atoms with Gasteiger partial charge in [-0.25, -0.2) is 0 Å². The minimum Gasteiger partial charge on any atom is -0.352 e. The number of nitrogens with zero attached hydrogens (tertiary/aromatic N) is 1. The lowest BCUT2D eigenvalue weighted by Crippen LogP contribution is -2.50. The van der Waals surface area contributed by atoms with Crippen LogP contribution in [0.5, 0.6) is 0 Å². The van der Waals surface area contributed by atoms with Crippen LogP contribution in [0.25, 0.3) is 0 Å². The van der Waals surface area contributed by atoms with Crippen LogP contribution in [0.3, 0.4) is 0 Å². The topological polar surface area (TPSA) is 58.4 Å². The molecule has 3 N–H and O–H groups in total. The fraction of sp³-hybridized carbons (Fsp3) is 0.941. The molecule has 1 aliphatic heterocycles. The van der Waals surface area contributed by atoms with Gasteiger partial charge in [-0.1, -0.05) is 27.7 Å². The van der Waals surface area contributed by atoms with Crippen LogP contribution in [-0.2, 0) is 4.79 Å². The molecule has 4 nitrogen and oxygen atoms in total. The van der Waals surface area contributed by atoms with Crippen LogP contribution in [0.15, 0.2) is 0 Å². The Bertz CT molecular complexity index is 354. The van der Waals surface area contributed by atoms with E-state index >= 15 is 0 Å². The third-order valence-corrected chi connectivity index (χ3v) is 4.92. The predicted molar refractivity (Wildman–Crippen MR) is 87.0 cm³/mol. The van der Waals surface area contributed by atoms with Crippen molar-refractivity contribution >= 4 is 5.91 Å². The third kappa shape index (κ3) is 5.26. The molecule has 0 unspecified atom stereocenters. The minimum atomic E-state index is 0.184. The molecule has 21 heavy (non-hydrogen) atoms. The summed E-state index contributed by atoms with van der Waals surface area (Å²) in [5.74, 6) is 0.184. The van der Waals surface area contributed by atoms with E-state index in [4.69, 9.17) is 5.73 Å². The van der Waals surface area contributed by atoms with Crippen molar-refractivity contribution in [1.29, 1.82) is 0 Å². The van der Waals surface area contributed by atoms with Crippen LogP contribution in [0.1, 0.15) is 59.8 Å². The zero-order valence-electron chi connectivity index (χ0n) is 14.2. The monoisotopic (exact) mass is 295 g/mol. The van der Waals surface area contributed by atoms with Crippen LogP contribution < -0.4 is 11.1 Å². The lowest BCUT2D eigenvalue weighted by molar-refractivity contribution is -0.124. The van der Waals surface area contributed by atoms with Gasteiger partial charge in [0.2, 0.25) is 5.91 Å². The summed E-state index contributed by atoms with van der Waals surface area (Å²) in [6.07, 6.45) is 5.43. The number of carbonyl (C=O) groups is 1. The fourth-order valence-corrected chi connectivity index (χ4v) is 4.54. The number of carbonyl (C=O) groups excluding carboxylic acids is 1. The van der Waals surface area contributed by atoms with Gasteiger partial charge >= 0.3 is 0 Å². The first-order valence-corrected chi connectivity index (χ1v) is 8.43. The number of likely N-dealkylation sites (tertiary alicyclic amines) is 1. The van der Waals surface area contributed by atoms with Crippen molar-refractivity contribution in [3.63, 3.8) is 0 Å². The summed E-state index contributed by atoms with van der Waals surface area (Å²) in [6, 6.07) is 0.646. The van der Waals surface area contributed by atoms with E-state index in [1.165, 1.54) is 6.42 Å². The SMILES string of the molecule is CC1(C)CC(NC(=O)CN2CCC(N)CC2)CC(C)(C)C1. The molecule has 0 spiro atoms. The molecule has 1 heterocycles. The van der Waals surface area contributed by atoms with Gasteiger partial charge in [0.05, 0.1) is 6.54 Å². The van der Waals surface area contributed by atoms with E-state index in [1.807, 2.05) is 0 Å². The quantitative estimate of drug-likeness (QED) is 0.838. The van der Waals surface area contributed by atoms with Crippen molar-refractivity contribution in [2.75, 3.05) is 19.6 Å². The van der Waals surface area contributed by atoms with E-state index in [2.05, 4.69) is 37.9 Å². The molecule has 0 aromatic rings. The first-order chi connectivity index (χ1) is 9.65. The van der Waals surface area contributed by atoms with Gasteiger partial charge in [-0.2, -0.15) is 0 Å². The third-order valence-electron chi connectivity index (χ3n) is 4.92. The lowest BCUT2D eigenvalue weighted by atomic mass is 9.63. The number of hydrogen-bond donors (Lipinski definition) is 2. The van der Waals surface area contributed by atoms with Crippen LogP contribution in [0.4, 0.5) is 0 Å². The first kappa shape index (κ1) is 16.8. The van der Waals surface area contributed by atoms with Gasteiger partial charge in [-0.15, -0.1) is 0 Å². The molecule has 2 rings (SSSR count). The van der Waals surface area contributed by atoms with E-state index in [1.54, 1.807) is 0 Å². The van der Waals surface area contributed by atoms with Crippen molar-refractivity contribution in [2.45, 2.75) is 71.9 Å². The van der Waals surface area contributed by atoms with Gasteiger partial charge in [-0.05, 0) is 42.9 Å². The average molecular weight is 295 g/mol. The molecule has 0 aromatic carbocycles. The van der Waals surface area contributed by atoms with Gasteiger partial charge < -0.3 is 11.1 Å². The Morgan fingerprint density at radius 3 is 2.19 bits per heavy atom. The lowest BCUT2D eigenvalue weighted by Gasteiger charge is -2.45. The van der Waals surface area contributed by atoms with Gasteiger partial charge in [-0.3, -0.25) is 9.69 Å². The summed E-state index contributed by atoms with van der Waals surface area (Å²) in [4.78, 5) is 14.5. The standard InChI is InChI=1S/C17H33N3O/c1-16(2)9-14(10-17(3,4)12-16)19-15(21)11-20-7-5-13(18)6-8-20/h13-14H,5-12,18H2,1-4H3,(H,19,21). The van der Waals surface area contributed by atoms with Gasteiger partial charge in [0.25, 0.3) is 0 Å². The summed E-state index contributed by atoms with van der Waals surface area (Å²) in [5, 5.41) is 3.28. The highest BCUT2D eigenvalue weighted by Crippen LogP contribution is 2.45. The Labute approximate surface area is 129 Å². The Morgan fingerprint density at radius 2 is 1.67 bits per heavy atom. The molecule has 2 aliphatic rings. The second-order valence-electron chi connectivity index (χ2n) is 8.79. The highest BCUT2D eigenvalue weighted by molar-refractivity contribution is 5.78. The van der Waals surface area contributed by atoms with E-state index in [0.29, 0.717) is 29.5 Å². The molecule has 1 saturated carbocycles. The highest BCUT2D eigenvalue weighted by Gasteiger charge is 2.38. The Morgan fingerprint density at radius 1 is 1.14 bits per heavy atom. The number of piperidine rings is 1. The molecule has 0 bridgehead atoms. The second-order valence-corrected chi connectivity index (χ2v) is 8.79. The summed E-state index contributed by atoms with van der Waals surface area (Å²) >= 11 is 0. The molecular weight excluding hydrogens is 262 g/mol. The summed E-state index contributed by atoms with van der Waals surface area (Å²) in [6.45, 7) is 11.7. The zero-order chi connectivity index (χ0) is 15.7. The number of rotatable bonds is 3. The fourth-order valence-electron chi connectivity index (χ4n) is 4.54. The molecule has 122 valence electrons. The Balaban J connectivity index is 1.82. The van der Waals surface area contributed by atoms with Gasteiger partial charge in [0.1, 0.15) is 0 Å².